The van der Waals surface area contributed by atoms with Gasteiger partial charge in [0.05, 0.1) is 13.2 Å². The van der Waals surface area contributed by atoms with Gasteiger partial charge in [-0.2, -0.15) is 0 Å². The van der Waals surface area contributed by atoms with Crippen LogP contribution >= 0.6 is 0 Å². The summed E-state index contributed by atoms with van der Waals surface area (Å²) in [6.45, 7) is 5.47. The molecular formula is C17H28N2O2. The van der Waals surface area contributed by atoms with E-state index in [4.69, 9.17) is 9.47 Å². The molecular weight excluding hydrogens is 264 g/mol. The van der Waals surface area contributed by atoms with E-state index in [0.717, 1.165) is 25.7 Å². The summed E-state index contributed by atoms with van der Waals surface area (Å²) in [5, 5.41) is 3.55. The van der Waals surface area contributed by atoms with E-state index in [1.54, 1.807) is 14.2 Å². The van der Waals surface area contributed by atoms with Crippen LogP contribution in [0.1, 0.15) is 25.3 Å². The van der Waals surface area contributed by atoms with Crippen LogP contribution in [-0.4, -0.2) is 46.1 Å². The first-order valence-electron chi connectivity index (χ1n) is 7.81. The molecule has 0 bridgehead atoms. The van der Waals surface area contributed by atoms with Gasteiger partial charge < -0.3 is 19.7 Å². The van der Waals surface area contributed by atoms with Gasteiger partial charge in [0.25, 0.3) is 0 Å². The maximum atomic E-state index is 5.29. The number of anilines is 1. The maximum absolute atomic E-state index is 5.29. The Bertz CT molecular complexity index is 404. The van der Waals surface area contributed by atoms with Gasteiger partial charge in [0.15, 0.2) is 0 Å². The Hall–Kier alpha value is -1.10. The SMILES string of the molecule is COCCN(c1ccc(CNC2CC2)cc1)C(C)COC. The Morgan fingerprint density at radius 1 is 1.19 bits per heavy atom. The lowest BCUT2D eigenvalue weighted by Crippen LogP contribution is -2.38. The van der Waals surface area contributed by atoms with Gasteiger partial charge in [-0.1, -0.05) is 12.1 Å². The van der Waals surface area contributed by atoms with Crippen LogP contribution in [0.2, 0.25) is 0 Å². The molecule has 1 aromatic rings. The average Bonchev–Trinajstić information content (AvgIpc) is 3.31. The molecule has 0 spiro atoms. The van der Waals surface area contributed by atoms with Gasteiger partial charge in [0, 0.05) is 45.1 Å². The van der Waals surface area contributed by atoms with Crippen LogP contribution in [0.5, 0.6) is 0 Å². The van der Waals surface area contributed by atoms with Gasteiger partial charge in [0.2, 0.25) is 0 Å². The topological polar surface area (TPSA) is 33.7 Å². The van der Waals surface area contributed by atoms with Crippen LogP contribution in [-0.2, 0) is 16.0 Å². The second kappa shape index (κ2) is 8.37. The Morgan fingerprint density at radius 2 is 1.90 bits per heavy atom. The zero-order chi connectivity index (χ0) is 15.1. The number of nitrogens with one attached hydrogen (secondary N) is 1. The summed E-state index contributed by atoms with van der Waals surface area (Å²) in [6, 6.07) is 9.91. The normalized spacial score (nSPS) is 16.0. The third-order valence-corrected chi connectivity index (χ3v) is 3.92. The summed E-state index contributed by atoms with van der Waals surface area (Å²) >= 11 is 0. The van der Waals surface area contributed by atoms with Crippen molar-refractivity contribution in [2.75, 3.05) is 38.9 Å². The van der Waals surface area contributed by atoms with Crippen LogP contribution in [0.25, 0.3) is 0 Å². The van der Waals surface area contributed by atoms with Crippen LogP contribution in [0, 0.1) is 0 Å². The van der Waals surface area contributed by atoms with E-state index in [2.05, 4.69) is 41.4 Å². The van der Waals surface area contributed by atoms with E-state index < -0.39 is 0 Å². The van der Waals surface area contributed by atoms with E-state index in [-0.39, 0.29) is 0 Å². The number of nitrogens with zero attached hydrogens (tertiary/aromatic N) is 1. The highest BCUT2D eigenvalue weighted by Crippen LogP contribution is 2.21. The van der Waals surface area contributed by atoms with Crippen molar-refractivity contribution in [3.05, 3.63) is 29.8 Å². The third-order valence-electron chi connectivity index (χ3n) is 3.92. The monoisotopic (exact) mass is 292 g/mol. The zero-order valence-electron chi connectivity index (χ0n) is 13.5. The first-order chi connectivity index (χ1) is 10.2. The molecule has 1 N–H and O–H groups in total. The van der Waals surface area contributed by atoms with Gasteiger partial charge >= 0.3 is 0 Å². The highest BCUT2D eigenvalue weighted by atomic mass is 16.5. The van der Waals surface area contributed by atoms with Crippen molar-refractivity contribution in [3.63, 3.8) is 0 Å². The van der Waals surface area contributed by atoms with Crippen molar-refractivity contribution >= 4 is 5.69 Å². The predicted octanol–water partition coefficient (Wildman–Crippen LogP) is 2.43. The first-order valence-corrected chi connectivity index (χ1v) is 7.81. The Labute approximate surface area is 128 Å². The van der Waals surface area contributed by atoms with Crippen molar-refractivity contribution in [1.29, 1.82) is 0 Å². The lowest BCUT2D eigenvalue weighted by Gasteiger charge is -2.31. The molecule has 1 fully saturated rings. The first kappa shape index (κ1) is 16.3. The molecule has 0 amide bonds. The van der Waals surface area contributed by atoms with Gasteiger partial charge in [-0.25, -0.2) is 0 Å². The lowest BCUT2D eigenvalue weighted by molar-refractivity contribution is 0.171. The van der Waals surface area contributed by atoms with Crippen LogP contribution in [0.3, 0.4) is 0 Å². The lowest BCUT2D eigenvalue weighted by atomic mass is 10.1. The summed E-state index contributed by atoms with van der Waals surface area (Å²) in [6.07, 6.45) is 2.66. The number of benzene rings is 1. The highest BCUT2D eigenvalue weighted by Gasteiger charge is 2.20. The fourth-order valence-electron chi connectivity index (χ4n) is 2.48. The molecule has 2 rings (SSSR count). The maximum Gasteiger partial charge on any atom is 0.0663 e. The molecule has 21 heavy (non-hydrogen) atoms. The number of methoxy groups -OCH3 is 2. The van der Waals surface area contributed by atoms with Gasteiger partial charge in [-0.3, -0.25) is 0 Å². The van der Waals surface area contributed by atoms with Crippen LogP contribution < -0.4 is 10.2 Å². The second-order valence-electron chi connectivity index (χ2n) is 5.81. The smallest absolute Gasteiger partial charge is 0.0663 e. The molecule has 0 saturated heterocycles. The zero-order valence-corrected chi connectivity index (χ0v) is 13.5. The molecule has 1 aromatic carbocycles. The number of hydrogen-bond donors (Lipinski definition) is 1. The molecule has 1 saturated carbocycles. The van der Waals surface area contributed by atoms with Crippen LogP contribution in [0.4, 0.5) is 5.69 Å². The fraction of sp³-hybridized carbons (Fsp3) is 0.647. The van der Waals surface area contributed by atoms with E-state index >= 15 is 0 Å². The Kier molecular flexibility index (Phi) is 6.49. The van der Waals surface area contributed by atoms with Crippen molar-refractivity contribution in [3.8, 4) is 0 Å². The molecule has 0 radical (unpaired) electrons. The molecule has 1 aliphatic carbocycles. The van der Waals surface area contributed by atoms with Crippen molar-refractivity contribution in [2.24, 2.45) is 0 Å². The van der Waals surface area contributed by atoms with Crippen molar-refractivity contribution in [2.45, 2.75) is 38.4 Å². The average molecular weight is 292 g/mol. The second-order valence-corrected chi connectivity index (χ2v) is 5.81. The largest absolute Gasteiger partial charge is 0.383 e. The van der Waals surface area contributed by atoms with Crippen molar-refractivity contribution in [1.82, 2.24) is 5.32 Å². The highest BCUT2D eigenvalue weighted by molar-refractivity contribution is 5.48. The third kappa shape index (κ3) is 5.30. The number of hydrogen-bond acceptors (Lipinski definition) is 4. The van der Waals surface area contributed by atoms with E-state index in [1.807, 2.05) is 0 Å². The minimum Gasteiger partial charge on any atom is -0.383 e. The molecule has 118 valence electrons. The fourth-order valence-corrected chi connectivity index (χ4v) is 2.48. The van der Waals surface area contributed by atoms with Crippen LogP contribution in [0.15, 0.2) is 24.3 Å². The minimum atomic E-state index is 0.334. The molecule has 1 atom stereocenters. The molecule has 0 aliphatic heterocycles. The molecule has 1 unspecified atom stereocenters. The van der Waals surface area contributed by atoms with E-state index in [1.165, 1.54) is 24.1 Å². The molecule has 1 aliphatic rings. The molecule has 4 heteroatoms. The quantitative estimate of drug-likeness (QED) is 0.718. The molecule has 0 heterocycles. The summed E-state index contributed by atoms with van der Waals surface area (Å²) in [5.74, 6) is 0. The summed E-state index contributed by atoms with van der Waals surface area (Å²) in [4.78, 5) is 2.34. The summed E-state index contributed by atoms with van der Waals surface area (Å²) in [7, 11) is 3.49. The summed E-state index contributed by atoms with van der Waals surface area (Å²) in [5.41, 5.74) is 2.57. The Morgan fingerprint density at radius 3 is 2.48 bits per heavy atom. The van der Waals surface area contributed by atoms with Crippen molar-refractivity contribution < 1.29 is 9.47 Å². The number of ether oxygens (including phenoxy) is 2. The van der Waals surface area contributed by atoms with Gasteiger partial charge in [0.1, 0.15) is 0 Å². The van der Waals surface area contributed by atoms with Gasteiger partial charge in [-0.05, 0) is 37.5 Å². The molecule has 0 aromatic heterocycles. The van der Waals surface area contributed by atoms with E-state index in [9.17, 15) is 0 Å². The van der Waals surface area contributed by atoms with E-state index in [0.29, 0.717) is 12.6 Å². The Balaban J connectivity index is 1.96. The summed E-state index contributed by atoms with van der Waals surface area (Å²) < 4.78 is 10.5. The number of rotatable bonds is 10. The standard InChI is InChI=1S/C17H28N2O2/c1-14(13-21-3)19(10-11-20-2)17-8-4-15(5-9-17)12-18-16-6-7-16/h4-5,8-9,14,16,18H,6-7,10-13H2,1-3H3. The molecule has 4 nitrogen and oxygen atoms in total. The van der Waals surface area contributed by atoms with Gasteiger partial charge in [-0.15, -0.1) is 0 Å². The minimum absolute atomic E-state index is 0.334. The predicted molar refractivity (Wildman–Crippen MR) is 86.9 cm³/mol.